The van der Waals surface area contributed by atoms with Gasteiger partial charge in [0.25, 0.3) is 5.91 Å². The highest BCUT2D eigenvalue weighted by molar-refractivity contribution is 5.94. The third-order valence-corrected chi connectivity index (χ3v) is 3.53. The first-order valence-electron chi connectivity index (χ1n) is 6.38. The predicted octanol–water partition coefficient (Wildman–Crippen LogP) is 2.99. The lowest BCUT2D eigenvalue weighted by Gasteiger charge is -2.15. The van der Waals surface area contributed by atoms with Crippen LogP contribution in [0.4, 0.5) is 4.39 Å². The molecule has 1 aliphatic rings. The largest absolute Gasteiger partial charge is 0.494 e. The first kappa shape index (κ1) is 12.7. The van der Waals surface area contributed by atoms with Crippen molar-refractivity contribution >= 4 is 5.91 Å². The summed E-state index contributed by atoms with van der Waals surface area (Å²) in [7, 11) is 1.40. The molecule has 1 aliphatic heterocycles. The molecule has 102 valence electrons. The van der Waals surface area contributed by atoms with E-state index in [1.54, 1.807) is 11.0 Å². The van der Waals surface area contributed by atoms with Gasteiger partial charge in [-0.05, 0) is 29.3 Å². The van der Waals surface area contributed by atoms with Crippen LogP contribution in [0.5, 0.6) is 5.75 Å². The number of hydrogen-bond acceptors (Lipinski definition) is 2. The number of halogens is 1. The minimum Gasteiger partial charge on any atom is -0.494 e. The lowest BCUT2D eigenvalue weighted by Crippen LogP contribution is -2.25. The van der Waals surface area contributed by atoms with Crippen molar-refractivity contribution in [3.8, 4) is 5.75 Å². The van der Waals surface area contributed by atoms with Crippen molar-refractivity contribution in [2.24, 2.45) is 0 Å². The van der Waals surface area contributed by atoms with Gasteiger partial charge < -0.3 is 9.64 Å². The van der Waals surface area contributed by atoms with E-state index in [9.17, 15) is 9.18 Å². The topological polar surface area (TPSA) is 29.5 Å². The molecule has 0 saturated carbocycles. The highest BCUT2D eigenvalue weighted by Gasteiger charge is 2.24. The minimum atomic E-state index is -0.518. The summed E-state index contributed by atoms with van der Waals surface area (Å²) < 4.78 is 18.5. The van der Waals surface area contributed by atoms with E-state index >= 15 is 0 Å². The second-order valence-electron chi connectivity index (χ2n) is 4.78. The van der Waals surface area contributed by atoms with E-state index in [1.165, 1.54) is 19.2 Å². The molecule has 0 unspecified atom stereocenters. The van der Waals surface area contributed by atoms with Crippen molar-refractivity contribution in [1.82, 2.24) is 4.90 Å². The van der Waals surface area contributed by atoms with Crippen LogP contribution < -0.4 is 4.74 Å². The van der Waals surface area contributed by atoms with Gasteiger partial charge in [-0.15, -0.1) is 0 Å². The van der Waals surface area contributed by atoms with Crippen LogP contribution in [-0.2, 0) is 13.1 Å². The fraction of sp³-hybridized carbons (Fsp3) is 0.188. The summed E-state index contributed by atoms with van der Waals surface area (Å²) in [6.45, 7) is 1.14. The van der Waals surface area contributed by atoms with Crippen molar-refractivity contribution in [3.63, 3.8) is 0 Å². The number of ether oxygens (including phenoxy) is 1. The zero-order chi connectivity index (χ0) is 14.1. The van der Waals surface area contributed by atoms with Gasteiger partial charge in [-0.25, -0.2) is 4.39 Å². The zero-order valence-electron chi connectivity index (χ0n) is 11.1. The number of carbonyl (C=O) groups excluding carboxylic acids is 1. The molecular weight excluding hydrogens is 257 g/mol. The van der Waals surface area contributed by atoms with Crippen molar-refractivity contribution in [1.29, 1.82) is 0 Å². The van der Waals surface area contributed by atoms with E-state index in [0.29, 0.717) is 18.7 Å². The number of hydrogen-bond donors (Lipinski definition) is 0. The van der Waals surface area contributed by atoms with E-state index in [4.69, 9.17) is 4.74 Å². The Morgan fingerprint density at radius 1 is 1.15 bits per heavy atom. The van der Waals surface area contributed by atoms with Crippen LogP contribution in [-0.4, -0.2) is 17.9 Å². The van der Waals surface area contributed by atoms with Gasteiger partial charge in [0.05, 0.1) is 7.11 Å². The molecule has 2 aromatic rings. The standard InChI is InChI=1S/C16H14FNO2/c1-20-15-7-6-11(8-14(15)17)16(19)18-9-12-4-2-3-5-13(12)10-18/h2-8H,9-10H2,1H3. The Labute approximate surface area is 116 Å². The van der Waals surface area contributed by atoms with Crippen LogP contribution >= 0.6 is 0 Å². The quantitative estimate of drug-likeness (QED) is 0.840. The summed E-state index contributed by atoms with van der Waals surface area (Å²) in [5.41, 5.74) is 2.64. The Bertz CT molecular complexity index is 644. The summed E-state index contributed by atoms with van der Waals surface area (Å²) in [5, 5.41) is 0. The SMILES string of the molecule is COc1ccc(C(=O)N2Cc3ccccc3C2)cc1F. The molecule has 0 atom stereocenters. The molecule has 2 aromatic carbocycles. The second kappa shape index (κ2) is 4.96. The van der Waals surface area contributed by atoms with Crippen molar-refractivity contribution in [3.05, 3.63) is 65.0 Å². The molecule has 0 fully saturated rings. The van der Waals surface area contributed by atoms with Gasteiger partial charge in [0.15, 0.2) is 11.6 Å². The van der Waals surface area contributed by atoms with Gasteiger partial charge >= 0.3 is 0 Å². The molecule has 3 rings (SSSR count). The number of carbonyl (C=O) groups is 1. The third kappa shape index (κ3) is 2.13. The average molecular weight is 271 g/mol. The molecule has 0 spiro atoms. The molecule has 0 bridgehead atoms. The first-order chi connectivity index (χ1) is 9.69. The molecule has 4 heteroatoms. The molecule has 1 amide bonds. The molecule has 1 heterocycles. The average Bonchev–Trinajstić information content (AvgIpc) is 2.90. The number of rotatable bonds is 2. The maximum atomic E-state index is 13.7. The van der Waals surface area contributed by atoms with Gasteiger partial charge in [0.1, 0.15) is 0 Å². The van der Waals surface area contributed by atoms with Crippen LogP contribution in [0.2, 0.25) is 0 Å². The molecule has 0 radical (unpaired) electrons. The highest BCUT2D eigenvalue weighted by atomic mass is 19.1. The smallest absolute Gasteiger partial charge is 0.254 e. The van der Waals surface area contributed by atoms with Crippen molar-refractivity contribution in [2.45, 2.75) is 13.1 Å². The summed E-state index contributed by atoms with van der Waals surface area (Å²) in [6.07, 6.45) is 0. The van der Waals surface area contributed by atoms with Gasteiger partial charge in [0.2, 0.25) is 0 Å². The molecule has 3 nitrogen and oxygen atoms in total. The Kier molecular flexibility index (Phi) is 3.14. The van der Waals surface area contributed by atoms with Gasteiger partial charge in [-0.1, -0.05) is 24.3 Å². The lowest BCUT2D eigenvalue weighted by atomic mass is 10.1. The number of amides is 1. The fourth-order valence-electron chi connectivity index (χ4n) is 2.46. The second-order valence-corrected chi connectivity index (χ2v) is 4.78. The highest BCUT2D eigenvalue weighted by Crippen LogP contribution is 2.25. The summed E-state index contributed by atoms with van der Waals surface area (Å²) >= 11 is 0. The van der Waals surface area contributed by atoms with Crippen LogP contribution in [0.15, 0.2) is 42.5 Å². The van der Waals surface area contributed by atoms with E-state index in [-0.39, 0.29) is 11.7 Å². The summed E-state index contributed by atoms with van der Waals surface area (Å²) in [6, 6.07) is 12.2. The third-order valence-electron chi connectivity index (χ3n) is 3.53. The van der Waals surface area contributed by atoms with E-state index in [2.05, 4.69) is 0 Å². The van der Waals surface area contributed by atoms with Crippen molar-refractivity contribution in [2.75, 3.05) is 7.11 Å². The lowest BCUT2D eigenvalue weighted by molar-refractivity contribution is 0.0751. The number of nitrogens with zero attached hydrogens (tertiary/aromatic N) is 1. The molecule has 0 aromatic heterocycles. The maximum absolute atomic E-state index is 13.7. The van der Waals surface area contributed by atoms with E-state index < -0.39 is 5.82 Å². The van der Waals surface area contributed by atoms with Crippen LogP contribution in [0.1, 0.15) is 21.5 Å². The van der Waals surface area contributed by atoms with Gasteiger partial charge in [0, 0.05) is 18.7 Å². The molecule has 0 saturated heterocycles. The Balaban J connectivity index is 1.83. The summed E-state index contributed by atoms with van der Waals surface area (Å²) in [5.74, 6) is -0.538. The van der Waals surface area contributed by atoms with Gasteiger partial charge in [-0.2, -0.15) is 0 Å². The number of fused-ring (bicyclic) bond motifs is 1. The fourth-order valence-corrected chi connectivity index (χ4v) is 2.46. The maximum Gasteiger partial charge on any atom is 0.254 e. The number of benzene rings is 2. The molecule has 0 aliphatic carbocycles. The monoisotopic (exact) mass is 271 g/mol. The first-order valence-corrected chi connectivity index (χ1v) is 6.38. The predicted molar refractivity (Wildman–Crippen MR) is 73.0 cm³/mol. The van der Waals surface area contributed by atoms with Gasteiger partial charge in [-0.3, -0.25) is 4.79 Å². The Morgan fingerprint density at radius 3 is 2.35 bits per heavy atom. The van der Waals surface area contributed by atoms with Crippen LogP contribution in [0, 0.1) is 5.82 Å². The Morgan fingerprint density at radius 2 is 1.80 bits per heavy atom. The van der Waals surface area contributed by atoms with Crippen LogP contribution in [0.25, 0.3) is 0 Å². The van der Waals surface area contributed by atoms with Crippen molar-refractivity contribution < 1.29 is 13.9 Å². The zero-order valence-corrected chi connectivity index (χ0v) is 11.1. The summed E-state index contributed by atoms with van der Waals surface area (Å²) in [4.78, 5) is 14.1. The molecule has 0 N–H and O–H groups in total. The minimum absolute atomic E-state index is 0.145. The van der Waals surface area contributed by atoms with E-state index in [0.717, 1.165) is 11.1 Å². The van der Waals surface area contributed by atoms with Crippen LogP contribution in [0.3, 0.4) is 0 Å². The normalized spacial score (nSPS) is 13.2. The van der Waals surface area contributed by atoms with E-state index in [1.807, 2.05) is 24.3 Å². The molecule has 20 heavy (non-hydrogen) atoms. The Hall–Kier alpha value is -2.36. The number of methoxy groups -OCH3 is 1. The molecular formula is C16H14FNO2.